The van der Waals surface area contributed by atoms with E-state index in [0.717, 1.165) is 57.4 Å². The van der Waals surface area contributed by atoms with Crippen molar-refractivity contribution in [2.45, 2.75) is 33.1 Å². The molecule has 2 heterocycles. The number of nitrogens with zero attached hydrogens (tertiary/aromatic N) is 3. The van der Waals surface area contributed by atoms with Crippen LogP contribution in [0.25, 0.3) is 0 Å². The van der Waals surface area contributed by atoms with Gasteiger partial charge in [0.05, 0.1) is 13.2 Å². The summed E-state index contributed by atoms with van der Waals surface area (Å²) in [7, 11) is 0. The number of rotatable bonds is 9. The van der Waals surface area contributed by atoms with E-state index in [1.54, 1.807) is 0 Å². The van der Waals surface area contributed by atoms with Crippen molar-refractivity contribution in [3.05, 3.63) is 11.8 Å². The molecule has 0 unspecified atom stereocenters. The summed E-state index contributed by atoms with van der Waals surface area (Å²) in [5.41, 5.74) is 0.988. The molecule has 2 N–H and O–H groups in total. The highest BCUT2D eigenvalue weighted by Gasteiger charge is 2.09. The summed E-state index contributed by atoms with van der Waals surface area (Å²) >= 11 is 0. The Morgan fingerprint density at radius 1 is 1.14 bits per heavy atom. The first-order valence-electron chi connectivity index (χ1n) is 8.41. The Bertz CT molecular complexity index is 435. The van der Waals surface area contributed by atoms with Gasteiger partial charge in [-0.3, -0.25) is 4.90 Å². The summed E-state index contributed by atoms with van der Waals surface area (Å²) in [4.78, 5) is 11.4. The lowest BCUT2D eigenvalue weighted by Crippen LogP contribution is -2.39. The van der Waals surface area contributed by atoms with E-state index >= 15 is 0 Å². The Kier molecular flexibility index (Phi) is 7.39. The minimum Gasteiger partial charge on any atom is -0.379 e. The number of hydrogen-bond donors (Lipinski definition) is 2. The maximum Gasteiger partial charge on any atom is 0.224 e. The minimum absolute atomic E-state index is 0.714. The molecule has 1 aromatic heterocycles. The third-order valence-electron chi connectivity index (χ3n) is 3.76. The molecule has 6 heteroatoms. The Balaban J connectivity index is 1.75. The third-order valence-corrected chi connectivity index (χ3v) is 3.76. The van der Waals surface area contributed by atoms with Crippen LogP contribution in [0.15, 0.2) is 6.07 Å². The summed E-state index contributed by atoms with van der Waals surface area (Å²) in [6.45, 7) is 10.8. The van der Waals surface area contributed by atoms with Crippen LogP contribution in [0.4, 0.5) is 11.8 Å². The van der Waals surface area contributed by atoms with Crippen LogP contribution in [0.2, 0.25) is 0 Å². The van der Waals surface area contributed by atoms with Crippen LogP contribution in [0.3, 0.4) is 0 Å². The molecule has 1 saturated heterocycles. The maximum atomic E-state index is 5.36. The van der Waals surface area contributed by atoms with Crippen LogP contribution in [-0.4, -0.2) is 60.8 Å². The fourth-order valence-corrected chi connectivity index (χ4v) is 2.48. The van der Waals surface area contributed by atoms with Gasteiger partial charge in [-0.15, -0.1) is 0 Å². The van der Waals surface area contributed by atoms with Gasteiger partial charge >= 0.3 is 0 Å². The Hall–Kier alpha value is -1.40. The molecule has 6 nitrogen and oxygen atoms in total. The molecular formula is C16H29N5O. The Morgan fingerprint density at radius 3 is 2.73 bits per heavy atom. The van der Waals surface area contributed by atoms with Gasteiger partial charge in [-0.1, -0.05) is 19.8 Å². The molecule has 0 atom stereocenters. The number of hydrogen-bond acceptors (Lipinski definition) is 6. The second-order valence-corrected chi connectivity index (χ2v) is 5.73. The normalized spacial score (nSPS) is 15.7. The second-order valence-electron chi connectivity index (χ2n) is 5.73. The Morgan fingerprint density at radius 2 is 1.95 bits per heavy atom. The molecule has 124 valence electrons. The van der Waals surface area contributed by atoms with E-state index in [-0.39, 0.29) is 0 Å². The van der Waals surface area contributed by atoms with Gasteiger partial charge in [0, 0.05) is 44.5 Å². The molecule has 1 fully saturated rings. The summed E-state index contributed by atoms with van der Waals surface area (Å²) in [6.07, 6.45) is 3.67. The number of morpholine rings is 1. The predicted octanol–water partition coefficient (Wildman–Crippen LogP) is 2.13. The highest BCUT2D eigenvalue weighted by molar-refractivity contribution is 5.42. The molecule has 0 aliphatic carbocycles. The molecule has 0 bridgehead atoms. The average molecular weight is 307 g/mol. The molecule has 22 heavy (non-hydrogen) atoms. The van der Waals surface area contributed by atoms with E-state index in [1.165, 1.54) is 19.3 Å². The van der Waals surface area contributed by atoms with E-state index in [0.29, 0.717) is 5.95 Å². The zero-order valence-corrected chi connectivity index (χ0v) is 13.9. The van der Waals surface area contributed by atoms with Gasteiger partial charge < -0.3 is 15.4 Å². The maximum absolute atomic E-state index is 5.36. The zero-order valence-electron chi connectivity index (χ0n) is 13.9. The van der Waals surface area contributed by atoms with Crippen molar-refractivity contribution < 1.29 is 4.74 Å². The quantitative estimate of drug-likeness (QED) is 0.682. The number of anilines is 2. The average Bonchev–Trinajstić information content (AvgIpc) is 2.52. The van der Waals surface area contributed by atoms with E-state index in [9.17, 15) is 0 Å². The van der Waals surface area contributed by atoms with Gasteiger partial charge in [0.15, 0.2) is 0 Å². The minimum atomic E-state index is 0.714. The van der Waals surface area contributed by atoms with E-state index in [4.69, 9.17) is 4.74 Å². The summed E-state index contributed by atoms with van der Waals surface area (Å²) < 4.78 is 5.36. The van der Waals surface area contributed by atoms with Crippen molar-refractivity contribution >= 4 is 11.8 Å². The third kappa shape index (κ3) is 6.15. The predicted molar refractivity (Wildman–Crippen MR) is 90.5 cm³/mol. The number of aryl methyl sites for hydroxylation is 1. The second kappa shape index (κ2) is 9.58. The summed E-state index contributed by atoms with van der Waals surface area (Å²) in [5, 5.41) is 6.71. The van der Waals surface area contributed by atoms with E-state index in [2.05, 4.69) is 32.4 Å². The van der Waals surface area contributed by atoms with Crippen molar-refractivity contribution in [2.24, 2.45) is 0 Å². The van der Waals surface area contributed by atoms with Gasteiger partial charge in [-0.2, -0.15) is 4.98 Å². The number of nitrogens with one attached hydrogen (secondary N) is 2. The van der Waals surface area contributed by atoms with Crippen LogP contribution in [0.1, 0.15) is 31.9 Å². The molecule has 0 saturated carbocycles. The van der Waals surface area contributed by atoms with Crippen LogP contribution in [0.5, 0.6) is 0 Å². The molecule has 0 amide bonds. The molecule has 1 aliphatic rings. The van der Waals surface area contributed by atoms with Crippen molar-refractivity contribution in [2.75, 3.05) is 56.6 Å². The molecule has 1 aliphatic heterocycles. The molecular weight excluding hydrogens is 278 g/mol. The fraction of sp³-hybridized carbons (Fsp3) is 0.750. The van der Waals surface area contributed by atoms with Gasteiger partial charge in [-0.05, 0) is 13.3 Å². The van der Waals surface area contributed by atoms with Gasteiger partial charge in [0.25, 0.3) is 0 Å². The largest absolute Gasteiger partial charge is 0.379 e. The topological polar surface area (TPSA) is 62.3 Å². The summed E-state index contributed by atoms with van der Waals surface area (Å²) in [5.74, 6) is 1.63. The van der Waals surface area contributed by atoms with E-state index < -0.39 is 0 Å². The van der Waals surface area contributed by atoms with Crippen molar-refractivity contribution in [1.82, 2.24) is 14.9 Å². The monoisotopic (exact) mass is 307 g/mol. The first-order valence-corrected chi connectivity index (χ1v) is 8.41. The van der Waals surface area contributed by atoms with Crippen LogP contribution >= 0.6 is 0 Å². The van der Waals surface area contributed by atoms with Crippen molar-refractivity contribution in [3.8, 4) is 0 Å². The first kappa shape index (κ1) is 17.0. The highest BCUT2D eigenvalue weighted by Crippen LogP contribution is 2.10. The number of unbranched alkanes of at least 4 members (excludes halogenated alkanes) is 2. The standard InChI is InChI=1S/C16H29N5O/c1-3-4-5-6-17-15-13-14(2)19-16(20-15)18-7-8-21-9-11-22-12-10-21/h13H,3-12H2,1-2H3,(H2,17,18,19,20). The SMILES string of the molecule is CCCCCNc1cc(C)nc(NCCN2CCOCC2)n1. The van der Waals surface area contributed by atoms with Gasteiger partial charge in [-0.25, -0.2) is 4.98 Å². The summed E-state index contributed by atoms with van der Waals surface area (Å²) in [6, 6.07) is 2.00. The molecule has 0 spiro atoms. The van der Waals surface area contributed by atoms with Crippen LogP contribution < -0.4 is 10.6 Å². The van der Waals surface area contributed by atoms with E-state index in [1.807, 2.05) is 13.0 Å². The van der Waals surface area contributed by atoms with Gasteiger partial charge in [0.2, 0.25) is 5.95 Å². The Labute approximate surface area is 133 Å². The highest BCUT2D eigenvalue weighted by atomic mass is 16.5. The van der Waals surface area contributed by atoms with Crippen LogP contribution in [0, 0.1) is 6.92 Å². The smallest absolute Gasteiger partial charge is 0.224 e. The molecule has 1 aromatic rings. The van der Waals surface area contributed by atoms with Crippen molar-refractivity contribution in [1.29, 1.82) is 0 Å². The number of ether oxygens (including phenoxy) is 1. The first-order chi connectivity index (χ1) is 10.8. The fourth-order valence-electron chi connectivity index (χ4n) is 2.48. The molecule has 0 radical (unpaired) electrons. The lowest BCUT2D eigenvalue weighted by atomic mass is 10.2. The lowest BCUT2D eigenvalue weighted by molar-refractivity contribution is 0.0398. The molecule has 2 rings (SSSR count). The number of aromatic nitrogens is 2. The van der Waals surface area contributed by atoms with Crippen molar-refractivity contribution in [3.63, 3.8) is 0 Å². The van der Waals surface area contributed by atoms with Gasteiger partial charge in [0.1, 0.15) is 5.82 Å². The molecule has 0 aromatic carbocycles. The lowest BCUT2D eigenvalue weighted by Gasteiger charge is -2.26. The van der Waals surface area contributed by atoms with Crippen LogP contribution in [-0.2, 0) is 4.74 Å². The zero-order chi connectivity index (χ0) is 15.6.